The molecule has 0 saturated carbocycles. The summed E-state index contributed by atoms with van der Waals surface area (Å²) < 4.78 is 0. The number of carbonyl (C=O) groups excluding carboxylic acids is 2. The van der Waals surface area contributed by atoms with Crippen molar-refractivity contribution in [1.29, 1.82) is 0 Å². The summed E-state index contributed by atoms with van der Waals surface area (Å²) in [5.41, 5.74) is 5.01. The van der Waals surface area contributed by atoms with Crippen molar-refractivity contribution in [1.82, 2.24) is 0 Å². The molecule has 0 aliphatic carbocycles. The largest absolute Gasteiger partial charge is 0.355 e. The van der Waals surface area contributed by atoms with E-state index in [2.05, 4.69) is 5.32 Å². The summed E-state index contributed by atoms with van der Waals surface area (Å²) in [5, 5.41) is 3.32. The lowest BCUT2D eigenvalue weighted by Gasteiger charge is -2.13. The maximum absolute atomic E-state index is 11.1. The van der Waals surface area contributed by atoms with Crippen molar-refractivity contribution in [3.63, 3.8) is 0 Å². The summed E-state index contributed by atoms with van der Waals surface area (Å²) in [5.74, 6) is 0. The molecule has 0 fully saturated rings. The van der Waals surface area contributed by atoms with Gasteiger partial charge in [-0.2, -0.15) is 0 Å². The first-order valence-corrected chi connectivity index (χ1v) is 7.27. The Bertz CT molecular complexity index is 824. The van der Waals surface area contributed by atoms with Crippen LogP contribution in [-0.4, -0.2) is 12.6 Å². The van der Waals surface area contributed by atoms with Gasteiger partial charge in [-0.15, -0.1) is 0 Å². The van der Waals surface area contributed by atoms with E-state index in [4.69, 9.17) is 0 Å². The Morgan fingerprint density at radius 2 is 1.35 bits per heavy atom. The molecule has 0 unspecified atom stereocenters. The van der Waals surface area contributed by atoms with Crippen LogP contribution in [0.1, 0.15) is 20.7 Å². The highest BCUT2D eigenvalue weighted by Crippen LogP contribution is 2.31. The topological polar surface area (TPSA) is 46.2 Å². The van der Waals surface area contributed by atoms with E-state index in [9.17, 15) is 9.59 Å². The average Bonchev–Trinajstić information content (AvgIpc) is 2.63. The van der Waals surface area contributed by atoms with E-state index in [1.807, 2.05) is 54.6 Å². The Morgan fingerprint density at radius 3 is 2.00 bits per heavy atom. The van der Waals surface area contributed by atoms with Gasteiger partial charge in [0.15, 0.2) is 0 Å². The van der Waals surface area contributed by atoms with Crippen molar-refractivity contribution >= 4 is 23.9 Å². The Balaban J connectivity index is 2.01. The molecule has 0 aromatic heterocycles. The van der Waals surface area contributed by atoms with E-state index in [0.717, 1.165) is 35.1 Å². The quantitative estimate of drug-likeness (QED) is 0.693. The molecule has 0 amide bonds. The molecule has 3 aromatic rings. The van der Waals surface area contributed by atoms with E-state index in [-0.39, 0.29) is 0 Å². The molecule has 0 aliphatic rings. The van der Waals surface area contributed by atoms with Crippen LogP contribution in [0.15, 0.2) is 72.8 Å². The molecule has 0 radical (unpaired) electrons. The van der Waals surface area contributed by atoms with Crippen LogP contribution in [0.3, 0.4) is 0 Å². The van der Waals surface area contributed by atoms with Gasteiger partial charge in [-0.25, -0.2) is 0 Å². The highest BCUT2D eigenvalue weighted by molar-refractivity contribution is 5.87. The summed E-state index contributed by atoms with van der Waals surface area (Å²) >= 11 is 0. The van der Waals surface area contributed by atoms with Gasteiger partial charge >= 0.3 is 0 Å². The van der Waals surface area contributed by atoms with Gasteiger partial charge in [-0.05, 0) is 35.9 Å². The molecule has 3 nitrogen and oxygen atoms in total. The number of hydrogen-bond donors (Lipinski definition) is 1. The van der Waals surface area contributed by atoms with Crippen LogP contribution < -0.4 is 5.32 Å². The molecule has 0 saturated heterocycles. The second-order valence-corrected chi connectivity index (χ2v) is 5.15. The molecular formula is C20H15NO2. The second-order valence-electron chi connectivity index (χ2n) is 5.15. The predicted molar refractivity (Wildman–Crippen MR) is 92.4 cm³/mol. The predicted octanol–water partition coefficient (Wildman–Crippen LogP) is 4.72. The third-order valence-corrected chi connectivity index (χ3v) is 3.59. The van der Waals surface area contributed by atoms with Crippen LogP contribution in [0.2, 0.25) is 0 Å². The van der Waals surface area contributed by atoms with Gasteiger partial charge in [0.25, 0.3) is 0 Å². The lowest BCUT2D eigenvalue weighted by molar-refractivity contribution is 0.111. The molecule has 3 aromatic carbocycles. The Kier molecular flexibility index (Phi) is 4.29. The van der Waals surface area contributed by atoms with E-state index < -0.39 is 0 Å². The standard InChI is InChI=1S/C20H15NO2/c22-13-15-6-9-18(10-7-15)21-20-12-16(14-23)8-11-19(20)17-4-2-1-3-5-17/h1-14,21H. The minimum Gasteiger partial charge on any atom is -0.355 e. The fourth-order valence-corrected chi connectivity index (χ4v) is 2.41. The van der Waals surface area contributed by atoms with E-state index in [1.54, 1.807) is 18.2 Å². The van der Waals surface area contributed by atoms with E-state index in [0.29, 0.717) is 11.1 Å². The second kappa shape index (κ2) is 6.71. The van der Waals surface area contributed by atoms with Crippen molar-refractivity contribution < 1.29 is 9.59 Å². The van der Waals surface area contributed by atoms with Crippen LogP contribution in [0.4, 0.5) is 11.4 Å². The number of benzene rings is 3. The molecular weight excluding hydrogens is 286 g/mol. The van der Waals surface area contributed by atoms with Gasteiger partial charge in [-0.1, -0.05) is 42.5 Å². The van der Waals surface area contributed by atoms with E-state index in [1.165, 1.54) is 0 Å². The molecule has 0 atom stereocenters. The van der Waals surface area contributed by atoms with Gasteiger partial charge in [0.2, 0.25) is 0 Å². The molecule has 112 valence electrons. The van der Waals surface area contributed by atoms with Crippen molar-refractivity contribution in [2.24, 2.45) is 0 Å². The molecule has 3 rings (SSSR count). The van der Waals surface area contributed by atoms with Crippen molar-refractivity contribution in [3.8, 4) is 11.1 Å². The van der Waals surface area contributed by atoms with E-state index >= 15 is 0 Å². The van der Waals surface area contributed by atoms with Crippen LogP contribution in [0, 0.1) is 0 Å². The minimum atomic E-state index is 0.608. The first-order valence-electron chi connectivity index (χ1n) is 7.27. The average molecular weight is 301 g/mol. The Hall–Kier alpha value is -3.20. The van der Waals surface area contributed by atoms with Crippen LogP contribution in [0.25, 0.3) is 11.1 Å². The summed E-state index contributed by atoms with van der Waals surface area (Å²) in [6, 6.07) is 22.7. The van der Waals surface area contributed by atoms with Crippen LogP contribution >= 0.6 is 0 Å². The zero-order chi connectivity index (χ0) is 16.1. The van der Waals surface area contributed by atoms with Gasteiger partial charge in [-0.3, -0.25) is 9.59 Å². The summed E-state index contributed by atoms with van der Waals surface area (Å²) in [6.45, 7) is 0. The molecule has 1 N–H and O–H groups in total. The van der Waals surface area contributed by atoms with Gasteiger partial charge in [0.05, 0.1) is 0 Å². The fourth-order valence-electron chi connectivity index (χ4n) is 2.41. The zero-order valence-corrected chi connectivity index (χ0v) is 12.4. The number of rotatable bonds is 5. The normalized spacial score (nSPS) is 10.1. The molecule has 0 heterocycles. The summed E-state index contributed by atoms with van der Waals surface area (Å²) in [7, 11) is 0. The van der Waals surface area contributed by atoms with Crippen molar-refractivity contribution in [2.75, 3.05) is 5.32 Å². The van der Waals surface area contributed by atoms with Crippen LogP contribution in [-0.2, 0) is 0 Å². The number of anilines is 2. The Morgan fingerprint density at radius 1 is 0.696 bits per heavy atom. The highest BCUT2D eigenvalue weighted by Gasteiger charge is 2.07. The number of aldehydes is 2. The SMILES string of the molecule is O=Cc1ccc(Nc2cc(C=O)ccc2-c2ccccc2)cc1. The number of hydrogen-bond acceptors (Lipinski definition) is 3. The summed E-state index contributed by atoms with van der Waals surface area (Å²) in [6.07, 6.45) is 1.64. The third-order valence-electron chi connectivity index (χ3n) is 3.59. The monoisotopic (exact) mass is 301 g/mol. The van der Waals surface area contributed by atoms with Gasteiger partial charge in [0, 0.05) is 28.1 Å². The molecule has 23 heavy (non-hydrogen) atoms. The highest BCUT2D eigenvalue weighted by atomic mass is 16.1. The lowest BCUT2D eigenvalue weighted by Crippen LogP contribution is -1.95. The molecule has 0 bridgehead atoms. The van der Waals surface area contributed by atoms with Gasteiger partial charge in [0.1, 0.15) is 12.6 Å². The third kappa shape index (κ3) is 3.35. The fraction of sp³-hybridized carbons (Fsp3) is 0. The molecule has 0 spiro atoms. The molecule has 0 aliphatic heterocycles. The van der Waals surface area contributed by atoms with Crippen molar-refractivity contribution in [3.05, 3.63) is 83.9 Å². The number of nitrogens with one attached hydrogen (secondary N) is 1. The van der Waals surface area contributed by atoms with Gasteiger partial charge < -0.3 is 5.32 Å². The summed E-state index contributed by atoms with van der Waals surface area (Å²) in [4.78, 5) is 21.8. The van der Waals surface area contributed by atoms with Crippen LogP contribution in [0.5, 0.6) is 0 Å². The maximum atomic E-state index is 11.1. The smallest absolute Gasteiger partial charge is 0.150 e. The first kappa shape index (κ1) is 14.7. The maximum Gasteiger partial charge on any atom is 0.150 e. The lowest BCUT2D eigenvalue weighted by atomic mass is 10.0. The Labute approximate surface area is 134 Å². The molecule has 3 heteroatoms. The zero-order valence-electron chi connectivity index (χ0n) is 12.4. The number of carbonyl (C=O) groups is 2. The minimum absolute atomic E-state index is 0.608. The first-order chi connectivity index (χ1) is 11.3. The van der Waals surface area contributed by atoms with Crippen molar-refractivity contribution in [2.45, 2.75) is 0 Å².